The highest BCUT2D eigenvalue weighted by Crippen LogP contribution is 2.23. The fourth-order valence-corrected chi connectivity index (χ4v) is 2.82. The second-order valence-electron chi connectivity index (χ2n) is 5.21. The highest BCUT2D eigenvalue weighted by atomic mass is 35.5. The number of aromatic nitrogens is 1. The number of pyridine rings is 1. The summed E-state index contributed by atoms with van der Waals surface area (Å²) < 4.78 is 0. The number of anilines is 1. The third kappa shape index (κ3) is 3.30. The molecule has 1 unspecified atom stereocenters. The minimum atomic E-state index is 0.457. The van der Waals surface area contributed by atoms with Crippen LogP contribution in [0.25, 0.3) is 0 Å². The van der Waals surface area contributed by atoms with E-state index in [2.05, 4.69) is 45.5 Å². The molecule has 2 aromatic rings. The molecule has 1 aromatic carbocycles. The molecule has 0 spiro atoms. The van der Waals surface area contributed by atoms with E-state index in [0.29, 0.717) is 11.1 Å². The van der Waals surface area contributed by atoms with E-state index in [1.54, 1.807) is 12.4 Å². The predicted molar refractivity (Wildman–Crippen MR) is 83.0 cm³/mol. The molecule has 4 heteroatoms. The van der Waals surface area contributed by atoms with Crippen molar-refractivity contribution in [3.8, 4) is 0 Å². The van der Waals surface area contributed by atoms with Crippen molar-refractivity contribution in [3.05, 3.63) is 59.4 Å². The summed E-state index contributed by atoms with van der Waals surface area (Å²) in [5.41, 5.74) is 2.35. The Labute approximate surface area is 124 Å². The normalized spacial score (nSPS) is 19.1. The highest BCUT2D eigenvalue weighted by molar-refractivity contribution is 6.33. The Kier molecular flexibility index (Phi) is 4.19. The lowest BCUT2D eigenvalue weighted by molar-refractivity contribution is 0.328. The number of halogens is 1. The highest BCUT2D eigenvalue weighted by Gasteiger charge is 2.22. The topological polar surface area (TPSA) is 28.2 Å². The zero-order valence-corrected chi connectivity index (χ0v) is 12.1. The number of rotatable bonds is 4. The molecule has 1 aliphatic rings. The summed E-state index contributed by atoms with van der Waals surface area (Å²) in [6, 6.07) is 13.0. The maximum atomic E-state index is 6.13. The van der Waals surface area contributed by atoms with E-state index in [1.807, 2.05) is 6.07 Å². The number of likely N-dealkylation sites (tertiary alicyclic amines) is 1. The summed E-state index contributed by atoms with van der Waals surface area (Å²) in [6.45, 7) is 3.19. The van der Waals surface area contributed by atoms with Crippen molar-refractivity contribution in [1.29, 1.82) is 0 Å². The van der Waals surface area contributed by atoms with Gasteiger partial charge in [-0.15, -0.1) is 0 Å². The van der Waals surface area contributed by atoms with Crippen LogP contribution in [0.15, 0.2) is 48.8 Å². The maximum Gasteiger partial charge on any atom is 0.0820 e. The molecular formula is C16H18ClN3. The number of hydrogen-bond acceptors (Lipinski definition) is 3. The summed E-state index contributed by atoms with van der Waals surface area (Å²) in [7, 11) is 0. The van der Waals surface area contributed by atoms with Gasteiger partial charge < -0.3 is 5.32 Å². The van der Waals surface area contributed by atoms with E-state index >= 15 is 0 Å². The fraction of sp³-hybridized carbons (Fsp3) is 0.312. The van der Waals surface area contributed by atoms with Crippen LogP contribution in [0.3, 0.4) is 0 Å². The fourth-order valence-electron chi connectivity index (χ4n) is 2.65. The second-order valence-corrected chi connectivity index (χ2v) is 5.61. The summed E-state index contributed by atoms with van der Waals surface area (Å²) in [5.74, 6) is 0. The van der Waals surface area contributed by atoms with Crippen molar-refractivity contribution in [2.24, 2.45) is 0 Å². The molecule has 1 saturated heterocycles. The molecule has 0 amide bonds. The van der Waals surface area contributed by atoms with Crippen LogP contribution in [0.1, 0.15) is 12.0 Å². The van der Waals surface area contributed by atoms with Gasteiger partial charge in [-0.3, -0.25) is 9.88 Å². The van der Waals surface area contributed by atoms with Gasteiger partial charge in [0.25, 0.3) is 0 Å². The molecule has 1 aromatic heterocycles. The first-order valence-corrected chi connectivity index (χ1v) is 7.31. The standard InChI is InChI=1S/C16H18ClN3/c17-15-10-18-8-6-16(15)19-14-7-9-20(12-14)11-13-4-2-1-3-5-13/h1-6,8,10,14H,7,9,11-12H2,(H,18,19). The van der Waals surface area contributed by atoms with Crippen molar-refractivity contribution >= 4 is 17.3 Å². The minimum Gasteiger partial charge on any atom is -0.380 e. The molecule has 20 heavy (non-hydrogen) atoms. The monoisotopic (exact) mass is 287 g/mol. The molecule has 0 aliphatic carbocycles. The molecule has 0 saturated carbocycles. The first kappa shape index (κ1) is 13.4. The van der Waals surface area contributed by atoms with Gasteiger partial charge in [0.2, 0.25) is 0 Å². The molecule has 3 rings (SSSR count). The van der Waals surface area contributed by atoms with Gasteiger partial charge in [0.05, 0.1) is 10.7 Å². The zero-order valence-electron chi connectivity index (χ0n) is 11.3. The third-order valence-corrected chi connectivity index (χ3v) is 3.95. The molecule has 1 aliphatic heterocycles. The van der Waals surface area contributed by atoms with E-state index in [0.717, 1.165) is 31.7 Å². The summed E-state index contributed by atoms with van der Waals surface area (Å²) >= 11 is 6.13. The van der Waals surface area contributed by atoms with Crippen LogP contribution >= 0.6 is 11.6 Å². The van der Waals surface area contributed by atoms with E-state index in [9.17, 15) is 0 Å². The molecule has 0 radical (unpaired) electrons. The minimum absolute atomic E-state index is 0.457. The Morgan fingerprint density at radius 2 is 2.10 bits per heavy atom. The van der Waals surface area contributed by atoms with E-state index < -0.39 is 0 Å². The first-order valence-electron chi connectivity index (χ1n) is 6.93. The van der Waals surface area contributed by atoms with Crippen molar-refractivity contribution in [2.75, 3.05) is 18.4 Å². The lowest BCUT2D eigenvalue weighted by Crippen LogP contribution is -2.26. The molecule has 1 N–H and O–H groups in total. The second kappa shape index (κ2) is 6.25. The number of nitrogens with one attached hydrogen (secondary N) is 1. The predicted octanol–water partition coefficient (Wildman–Crippen LogP) is 3.42. The van der Waals surface area contributed by atoms with Crippen LogP contribution in [0.5, 0.6) is 0 Å². The van der Waals surface area contributed by atoms with Crippen LogP contribution in [0.2, 0.25) is 5.02 Å². The molecule has 2 heterocycles. The molecule has 104 valence electrons. The van der Waals surface area contributed by atoms with Gasteiger partial charge in [-0.1, -0.05) is 41.9 Å². The summed E-state index contributed by atoms with van der Waals surface area (Å²) in [4.78, 5) is 6.48. The molecule has 1 atom stereocenters. The van der Waals surface area contributed by atoms with Gasteiger partial charge >= 0.3 is 0 Å². The maximum absolute atomic E-state index is 6.13. The lowest BCUT2D eigenvalue weighted by atomic mass is 10.2. The van der Waals surface area contributed by atoms with Crippen LogP contribution in [0, 0.1) is 0 Å². The Bertz CT molecular complexity index is 559. The Morgan fingerprint density at radius 1 is 1.25 bits per heavy atom. The van der Waals surface area contributed by atoms with Crippen LogP contribution in [0.4, 0.5) is 5.69 Å². The van der Waals surface area contributed by atoms with E-state index in [1.165, 1.54) is 5.56 Å². The van der Waals surface area contributed by atoms with Gasteiger partial charge in [-0.2, -0.15) is 0 Å². The molecule has 3 nitrogen and oxygen atoms in total. The zero-order chi connectivity index (χ0) is 13.8. The Morgan fingerprint density at radius 3 is 2.90 bits per heavy atom. The number of benzene rings is 1. The average molecular weight is 288 g/mol. The molecule has 1 fully saturated rings. The van der Waals surface area contributed by atoms with E-state index in [4.69, 9.17) is 11.6 Å². The Hall–Kier alpha value is -1.58. The van der Waals surface area contributed by atoms with Gasteiger partial charge in [-0.05, 0) is 18.1 Å². The van der Waals surface area contributed by atoms with Crippen molar-refractivity contribution in [1.82, 2.24) is 9.88 Å². The number of hydrogen-bond donors (Lipinski definition) is 1. The van der Waals surface area contributed by atoms with Crippen molar-refractivity contribution < 1.29 is 0 Å². The SMILES string of the molecule is Clc1cnccc1NC1CCN(Cc2ccccc2)C1. The van der Waals surface area contributed by atoms with Gasteiger partial charge in [0, 0.05) is 38.1 Å². The van der Waals surface area contributed by atoms with Crippen LogP contribution in [-0.4, -0.2) is 29.0 Å². The van der Waals surface area contributed by atoms with Crippen molar-refractivity contribution in [3.63, 3.8) is 0 Å². The van der Waals surface area contributed by atoms with E-state index in [-0.39, 0.29) is 0 Å². The van der Waals surface area contributed by atoms with Gasteiger partial charge in [-0.25, -0.2) is 0 Å². The van der Waals surface area contributed by atoms with Gasteiger partial charge in [0.15, 0.2) is 0 Å². The van der Waals surface area contributed by atoms with Crippen molar-refractivity contribution in [2.45, 2.75) is 19.0 Å². The molecular weight excluding hydrogens is 270 g/mol. The van der Waals surface area contributed by atoms with Crippen LogP contribution in [-0.2, 0) is 6.54 Å². The number of nitrogens with zero attached hydrogens (tertiary/aromatic N) is 2. The first-order chi connectivity index (χ1) is 9.81. The largest absolute Gasteiger partial charge is 0.380 e. The Balaban J connectivity index is 1.56. The summed E-state index contributed by atoms with van der Waals surface area (Å²) in [6.07, 6.45) is 4.59. The quantitative estimate of drug-likeness (QED) is 0.934. The van der Waals surface area contributed by atoms with Gasteiger partial charge in [0.1, 0.15) is 0 Å². The van der Waals surface area contributed by atoms with Crippen LogP contribution < -0.4 is 5.32 Å². The lowest BCUT2D eigenvalue weighted by Gasteiger charge is -2.17. The third-order valence-electron chi connectivity index (χ3n) is 3.65. The smallest absolute Gasteiger partial charge is 0.0820 e. The summed E-state index contributed by atoms with van der Waals surface area (Å²) in [5, 5.41) is 4.20. The average Bonchev–Trinajstić information content (AvgIpc) is 2.90. The molecule has 0 bridgehead atoms.